The van der Waals surface area contributed by atoms with Crippen molar-refractivity contribution in [1.29, 1.82) is 0 Å². The molecule has 0 aromatic heterocycles. The van der Waals surface area contributed by atoms with E-state index in [2.05, 4.69) is 15.9 Å². The van der Waals surface area contributed by atoms with Gasteiger partial charge in [-0.1, -0.05) is 12.1 Å². The van der Waals surface area contributed by atoms with Crippen LogP contribution in [0.3, 0.4) is 0 Å². The zero-order valence-corrected chi connectivity index (χ0v) is 11.3. The molecule has 2 aromatic rings. The van der Waals surface area contributed by atoms with Gasteiger partial charge in [-0.3, -0.25) is 4.79 Å². The summed E-state index contributed by atoms with van der Waals surface area (Å²) in [5.41, 5.74) is 0.801. The van der Waals surface area contributed by atoms with Gasteiger partial charge in [0.1, 0.15) is 12.4 Å². The van der Waals surface area contributed by atoms with Crippen molar-refractivity contribution >= 4 is 22.2 Å². The Kier molecular flexibility index (Phi) is 4.27. The van der Waals surface area contributed by atoms with E-state index in [1.807, 2.05) is 0 Å². The van der Waals surface area contributed by atoms with Crippen molar-refractivity contribution in [2.45, 2.75) is 6.61 Å². The first-order valence-corrected chi connectivity index (χ1v) is 6.21. The average Bonchev–Trinajstić information content (AvgIpc) is 2.41. The van der Waals surface area contributed by atoms with Gasteiger partial charge in [-0.2, -0.15) is 0 Å². The van der Waals surface area contributed by atoms with Crippen LogP contribution in [-0.4, -0.2) is 6.29 Å². The Morgan fingerprint density at radius 1 is 1.16 bits per heavy atom. The van der Waals surface area contributed by atoms with Crippen LogP contribution in [0.4, 0.5) is 8.78 Å². The maximum absolute atomic E-state index is 13.5. The third-order valence-corrected chi connectivity index (χ3v) is 3.10. The SMILES string of the molecule is O=Cc1cccc(F)c1OCc1ccc(F)c(Br)c1. The van der Waals surface area contributed by atoms with Crippen LogP contribution in [-0.2, 0) is 6.61 Å². The van der Waals surface area contributed by atoms with Crippen LogP contribution in [0.2, 0.25) is 0 Å². The molecule has 0 heterocycles. The molecule has 0 aliphatic carbocycles. The predicted octanol–water partition coefficient (Wildman–Crippen LogP) is 4.12. The molecule has 5 heteroatoms. The van der Waals surface area contributed by atoms with Crippen LogP contribution in [0.25, 0.3) is 0 Å². The van der Waals surface area contributed by atoms with Crippen molar-refractivity contribution in [3.8, 4) is 5.75 Å². The van der Waals surface area contributed by atoms with Gasteiger partial charge in [-0.15, -0.1) is 0 Å². The van der Waals surface area contributed by atoms with Crippen LogP contribution >= 0.6 is 15.9 Å². The lowest BCUT2D eigenvalue weighted by atomic mass is 10.2. The van der Waals surface area contributed by atoms with Crippen molar-refractivity contribution in [2.75, 3.05) is 0 Å². The maximum atomic E-state index is 13.5. The van der Waals surface area contributed by atoms with Crippen LogP contribution < -0.4 is 4.74 Å². The molecule has 0 aliphatic rings. The van der Waals surface area contributed by atoms with Gasteiger partial charge in [0, 0.05) is 0 Å². The van der Waals surface area contributed by atoms with Crippen LogP contribution in [0.15, 0.2) is 40.9 Å². The molecule has 2 nitrogen and oxygen atoms in total. The summed E-state index contributed by atoms with van der Waals surface area (Å²) >= 11 is 3.05. The Balaban J connectivity index is 2.18. The molecule has 0 N–H and O–H groups in total. The van der Waals surface area contributed by atoms with Crippen LogP contribution in [0.1, 0.15) is 15.9 Å². The largest absolute Gasteiger partial charge is 0.485 e. The number of ether oxygens (including phenoxy) is 1. The number of aldehydes is 1. The number of para-hydroxylation sites is 1. The molecule has 0 unspecified atom stereocenters. The van der Waals surface area contributed by atoms with Gasteiger partial charge in [-0.05, 0) is 45.8 Å². The van der Waals surface area contributed by atoms with Gasteiger partial charge in [0.15, 0.2) is 17.9 Å². The van der Waals surface area contributed by atoms with Crippen molar-refractivity contribution in [3.05, 3.63) is 63.6 Å². The fourth-order valence-corrected chi connectivity index (χ4v) is 1.98. The predicted molar refractivity (Wildman–Crippen MR) is 70.2 cm³/mol. The topological polar surface area (TPSA) is 26.3 Å². The minimum Gasteiger partial charge on any atom is -0.485 e. The van der Waals surface area contributed by atoms with Gasteiger partial charge in [0.25, 0.3) is 0 Å². The van der Waals surface area contributed by atoms with Crippen LogP contribution in [0.5, 0.6) is 5.75 Å². The molecule has 98 valence electrons. The Morgan fingerprint density at radius 3 is 2.63 bits per heavy atom. The van der Waals surface area contributed by atoms with E-state index in [1.54, 1.807) is 0 Å². The molecule has 0 bridgehead atoms. The highest BCUT2D eigenvalue weighted by molar-refractivity contribution is 9.10. The van der Waals surface area contributed by atoms with Crippen molar-refractivity contribution in [3.63, 3.8) is 0 Å². The normalized spacial score (nSPS) is 10.3. The molecular weight excluding hydrogens is 318 g/mol. The Labute approximate surface area is 117 Å². The van der Waals surface area contributed by atoms with E-state index >= 15 is 0 Å². The second-order valence-corrected chi connectivity index (χ2v) is 4.67. The van der Waals surface area contributed by atoms with Gasteiger partial charge in [0.2, 0.25) is 0 Å². The molecule has 2 aromatic carbocycles. The molecular formula is C14H9BrF2O2. The lowest BCUT2D eigenvalue weighted by Crippen LogP contribution is -2.01. The molecule has 0 aliphatic heterocycles. The first-order valence-electron chi connectivity index (χ1n) is 5.42. The number of hydrogen-bond donors (Lipinski definition) is 0. The van der Waals surface area contributed by atoms with E-state index in [9.17, 15) is 13.6 Å². The third kappa shape index (κ3) is 3.17. The summed E-state index contributed by atoms with van der Waals surface area (Å²) in [6.07, 6.45) is 0.527. The van der Waals surface area contributed by atoms with E-state index in [-0.39, 0.29) is 23.7 Å². The summed E-state index contributed by atoms with van der Waals surface area (Å²) in [5, 5.41) is 0. The average molecular weight is 327 g/mol. The number of halogens is 3. The highest BCUT2D eigenvalue weighted by atomic mass is 79.9. The summed E-state index contributed by atoms with van der Waals surface area (Å²) in [4.78, 5) is 10.8. The van der Waals surface area contributed by atoms with Crippen LogP contribution in [0, 0.1) is 11.6 Å². The van der Waals surface area contributed by atoms with Crippen molar-refractivity contribution in [2.24, 2.45) is 0 Å². The molecule has 0 fully saturated rings. The summed E-state index contributed by atoms with van der Waals surface area (Å²) in [6.45, 7) is 0.0423. The zero-order valence-electron chi connectivity index (χ0n) is 9.70. The Bertz CT molecular complexity index is 614. The lowest BCUT2D eigenvalue weighted by molar-refractivity contribution is 0.111. The number of carbonyl (C=O) groups is 1. The highest BCUT2D eigenvalue weighted by Crippen LogP contribution is 2.23. The second kappa shape index (κ2) is 5.93. The Morgan fingerprint density at radius 2 is 1.95 bits per heavy atom. The van der Waals surface area contributed by atoms with Gasteiger partial charge in [-0.25, -0.2) is 8.78 Å². The van der Waals surface area contributed by atoms with Crippen molar-refractivity contribution in [1.82, 2.24) is 0 Å². The summed E-state index contributed by atoms with van der Waals surface area (Å²) < 4.78 is 32.2. The number of hydrogen-bond acceptors (Lipinski definition) is 2. The maximum Gasteiger partial charge on any atom is 0.165 e. The molecule has 0 saturated heterocycles. The van der Waals surface area contributed by atoms with E-state index in [0.717, 1.165) is 0 Å². The zero-order chi connectivity index (χ0) is 13.8. The Hall–Kier alpha value is -1.75. The third-order valence-electron chi connectivity index (χ3n) is 2.49. The monoisotopic (exact) mass is 326 g/mol. The molecule has 0 atom stereocenters. The number of benzene rings is 2. The fraction of sp³-hybridized carbons (Fsp3) is 0.0714. The fourth-order valence-electron chi connectivity index (χ4n) is 1.56. The van der Waals surface area contributed by atoms with E-state index in [0.29, 0.717) is 16.3 Å². The van der Waals surface area contributed by atoms with E-state index in [4.69, 9.17) is 4.74 Å². The number of carbonyl (C=O) groups excluding carboxylic acids is 1. The summed E-state index contributed by atoms with van der Waals surface area (Å²) in [6, 6.07) is 8.46. The van der Waals surface area contributed by atoms with E-state index in [1.165, 1.54) is 36.4 Å². The molecule has 0 spiro atoms. The quantitative estimate of drug-likeness (QED) is 0.790. The van der Waals surface area contributed by atoms with E-state index < -0.39 is 5.82 Å². The smallest absolute Gasteiger partial charge is 0.165 e. The number of rotatable bonds is 4. The molecule has 19 heavy (non-hydrogen) atoms. The lowest BCUT2D eigenvalue weighted by Gasteiger charge is -2.09. The molecule has 0 amide bonds. The molecule has 0 radical (unpaired) electrons. The van der Waals surface area contributed by atoms with Gasteiger partial charge in [0.05, 0.1) is 10.0 Å². The molecule has 0 saturated carbocycles. The second-order valence-electron chi connectivity index (χ2n) is 3.81. The van der Waals surface area contributed by atoms with Gasteiger partial charge < -0.3 is 4.74 Å². The first-order chi connectivity index (χ1) is 9.11. The summed E-state index contributed by atoms with van der Waals surface area (Å²) in [7, 11) is 0. The molecule has 2 rings (SSSR count). The standard InChI is InChI=1S/C14H9BrF2O2/c15-11-6-9(4-5-12(11)16)8-19-14-10(7-18)2-1-3-13(14)17/h1-7H,8H2. The van der Waals surface area contributed by atoms with Crippen molar-refractivity contribution < 1.29 is 18.3 Å². The highest BCUT2D eigenvalue weighted by Gasteiger charge is 2.10. The summed E-state index contributed by atoms with van der Waals surface area (Å²) in [5.74, 6) is -1.09. The minimum atomic E-state index is -0.606. The van der Waals surface area contributed by atoms with Gasteiger partial charge >= 0.3 is 0 Å². The first kappa shape index (κ1) is 13.7. The minimum absolute atomic E-state index is 0.0423.